The van der Waals surface area contributed by atoms with Gasteiger partial charge in [0.05, 0.1) is 6.04 Å². The first-order valence-electron chi connectivity index (χ1n) is 12.8. The number of carbonyl (C=O) groups excluding carboxylic acids is 1. The minimum atomic E-state index is -0.0726. The molecule has 2 aromatic rings. The van der Waals surface area contributed by atoms with Crippen molar-refractivity contribution in [2.75, 3.05) is 6.54 Å². The molecule has 4 atom stereocenters. The molecule has 1 saturated carbocycles. The Labute approximate surface area is 203 Å². The van der Waals surface area contributed by atoms with Crippen LogP contribution in [-0.4, -0.2) is 17.4 Å². The molecule has 0 radical (unpaired) electrons. The molecule has 2 aliphatic rings. The summed E-state index contributed by atoms with van der Waals surface area (Å²) in [5.74, 6) is 1.07. The first-order valence-corrected chi connectivity index (χ1v) is 13.7. The van der Waals surface area contributed by atoms with Gasteiger partial charge in [0.1, 0.15) is 10.7 Å². The Morgan fingerprint density at radius 3 is 2.82 bits per heavy atom. The van der Waals surface area contributed by atoms with E-state index in [1.807, 2.05) is 5.38 Å². The smallest absolute Gasteiger partial charge is 0.270 e. The minimum absolute atomic E-state index is 0.0625. The van der Waals surface area contributed by atoms with E-state index in [9.17, 15) is 4.79 Å². The van der Waals surface area contributed by atoms with Gasteiger partial charge >= 0.3 is 0 Å². The summed E-state index contributed by atoms with van der Waals surface area (Å²) in [5.41, 5.74) is 11.5. The highest BCUT2D eigenvalue weighted by molar-refractivity contribution is 7.09. The molecule has 4 unspecified atom stereocenters. The number of amides is 1. The van der Waals surface area contributed by atoms with Gasteiger partial charge in [-0.05, 0) is 71.5 Å². The van der Waals surface area contributed by atoms with Crippen LogP contribution in [0, 0.1) is 11.3 Å². The molecule has 4 nitrogen and oxygen atoms in total. The van der Waals surface area contributed by atoms with E-state index in [0.29, 0.717) is 24.1 Å². The van der Waals surface area contributed by atoms with Crippen LogP contribution in [0.1, 0.15) is 117 Å². The topological polar surface area (TPSA) is 68.0 Å². The molecule has 2 aliphatic carbocycles. The molecule has 0 aliphatic heterocycles. The van der Waals surface area contributed by atoms with Gasteiger partial charge in [0.15, 0.2) is 0 Å². The molecule has 0 spiro atoms. The lowest BCUT2D eigenvalue weighted by atomic mass is 9.49. The quantitative estimate of drug-likeness (QED) is 0.488. The van der Waals surface area contributed by atoms with Gasteiger partial charge in [0.2, 0.25) is 0 Å². The maximum absolute atomic E-state index is 13.0. The van der Waals surface area contributed by atoms with Crippen LogP contribution in [0.15, 0.2) is 23.6 Å². The van der Waals surface area contributed by atoms with Crippen molar-refractivity contribution >= 4 is 17.2 Å². The third kappa shape index (κ3) is 4.64. The molecule has 1 amide bonds. The van der Waals surface area contributed by atoms with Crippen LogP contribution in [-0.2, 0) is 11.8 Å². The van der Waals surface area contributed by atoms with Crippen molar-refractivity contribution in [3.63, 3.8) is 0 Å². The Hall–Kier alpha value is -1.72. The summed E-state index contributed by atoms with van der Waals surface area (Å²) in [4.78, 5) is 17.5. The maximum atomic E-state index is 13.0. The van der Waals surface area contributed by atoms with E-state index in [1.54, 1.807) is 11.1 Å². The van der Waals surface area contributed by atoms with Crippen LogP contribution >= 0.6 is 11.3 Å². The lowest BCUT2D eigenvalue weighted by Crippen LogP contribution is -2.53. The largest absolute Gasteiger partial charge is 0.350 e. The zero-order valence-corrected chi connectivity index (χ0v) is 21.9. The molecular formula is C28H41N3OS. The van der Waals surface area contributed by atoms with Crippen molar-refractivity contribution in [3.05, 3.63) is 51.0 Å². The Kier molecular flexibility index (Phi) is 7.02. The van der Waals surface area contributed by atoms with Gasteiger partial charge in [0, 0.05) is 11.9 Å². The molecule has 1 aromatic heterocycles. The summed E-state index contributed by atoms with van der Waals surface area (Å²) in [6, 6.07) is 7.14. The number of fused-ring (bicyclic) bond motifs is 3. The fourth-order valence-corrected chi connectivity index (χ4v) is 7.42. The number of hydrogen-bond acceptors (Lipinski definition) is 4. The molecule has 1 fully saturated rings. The van der Waals surface area contributed by atoms with E-state index in [0.717, 1.165) is 30.7 Å². The minimum Gasteiger partial charge on any atom is -0.350 e. The average molecular weight is 468 g/mol. The Bertz CT molecular complexity index is 999. The summed E-state index contributed by atoms with van der Waals surface area (Å²) in [7, 11) is 0. The van der Waals surface area contributed by atoms with Crippen LogP contribution in [0.3, 0.4) is 0 Å². The normalized spacial score (nSPS) is 27.7. The van der Waals surface area contributed by atoms with Gasteiger partial charge in [-0.25, -0.2) is 4.98 Å². The summed E-state index contributed by atoms with van der Waals surface area (Å²) >= 11 is 1.50. The van der Waals surface area contributed by atoms with E-state index in [4.69, 9.17) is 5.73 Å². The number of carbonyl (C=O) groups is 1. The number of aryl methyl sites for hydroxylation is 1. The molecule has 1 aromatic carbocycles. The lowest BCUT2D eigenvalue weighted by Gasteiger charge is -2.55. The number of hydrogen-bond donors (Lipinski definition) is 2. The zero-order chi connectivity index (χ0) is 23.8. The second kappa shape index (κ2) is 9.50. The fraction of sp³-hybridized carbons (Fsp3) is 0.643. The van der Waals surface area contributed by atoms with Crippen molar-refractivity contribution in [1.82, 2.24) is 10.3 Å². The molecule has 0 bridgehead atoms. The van der Waals surface area contributed by atoms with E-state index in [2.05, 4.69) is 63.1 Å². The second-order valence-electron chi connectivity index (χ2n) is 11.2. The van der Waals surface area contributed by atoms with Crippen LogP contribution in [0.5, 0.6) is 0 Å². The van der Waals surface area contributed by atoms with Crippen LogP contribution in [0.25, 0.3) is 0 Å². The highest BCUT2D eigenvalue weighted by Crippen LogP contribution is 2.57. The van der Waals surface area contributed by atoms with Crippen molar-refractivity contribution in [1.29, 1.82) is 0 Å². The first kappa shape index (κ1) is 24.4. The van der Waals surface area contributed by atoms with Crippen molar-refractivity contribution in [3.8, 4) is 0 Å². The number of nitrogens with zero attached hydrogens (tertiary/aromatic N) is 1. The molecule has 5 heteroatoms. The van der Waals surface area contributed by atoms with Crippen LogP contribution in [0.4, 0.5) is 0 Å². The predicted octanol–water partition coefficient (Wildman–Crippen LogP) is 6.51. The van der Waals surface area contributed by atoms with Gasteiger partial charge in [-0.2, -0.15) is 0 Å². The Morgan fingerprint density at radius 1 is 1.30 bits per heavy atom. The van der Waals surface area contributed by atoms with Gasteiger partial charge in [0.25, 0.3) is 5.91 Å². The number of aromatic nitrogens is 1. The maximum Gasteiger partial charge on any atom is 0.270 e. The van der Waals surface area contributed by atoms with E-state index in [1.165, 1.54) is 36.2 Å². The predicted molar refractivity (Wildman–Crippen MR) is 138 cm³/mol. The molecule has 0 saturated heterocycles. The van der Waals surface area contributed by atoms with Gasteiger partial charge in [-0.15, -0.1) is 11.3 Å². The van der Waals surface area contributed by atoms with Gasteiger partial charge in [-0.3, -0.25) is 4.79 Å². The van der Waals surface area contributed by atoms with E-state index >= 15 is 0 Å². The molecule has 180 valence electrons. The first-order chi connectivity index (χ1) is 15.7. The summed E-state index contributed by atoms with van der Waals surface area (Å²) in [5, 5.41) is 5.98. The van der Waals surface area contributed by atoms with Gasteiger partial charge < -0.3 is 11.1 Å². The number of rotatable bonds is 7. The number of nitrogens with two attached hydrogens (primary N) is 1. The average Bonchev–Trinajstić information content (AvgIpc) is 3.28. The summed E-state index contributed by atoms with van der Waals surface area (Å²) < 4.78 is 0. The third-order valence-electron chi connectivity index (χ3n) is 8.49. The highest BCUT2D eigenvalue weighted by Gasteiger charge is 2.51. The highest BCUT2D eigenvalue weighted by atomic mass is 32.1. The summed E-state index contributed by atoms with van der Waals surface area (Å²) in [6.45, 7) is 12.3. The van der Waals surface area contributed by atoms with Crippen molar-refractivity contribution in [2.24, 2.45) is 17.1 Å². The monoisotopic (exact) mass is 467 g/mol. The fourth-order valence-electron chi connectivity index (χ4n) is 6.58. The lowest BCUT2D eigenvalue weighted by molar-refractivity contribution is 0.0254. The zero-order valence-electron chi connectivity index (χ0n) is 21.0. The SMILES string of the molecule is CCCC(N)c1nc(C(=O)NCC2(C)CCCC3(C)c4ccc(C(C)C)cc4CCC23)cs1. The Balaban J connectivity index is 1.49. The van der Waals surface area contributed by atoms with Crippen LogP contribution < -0.4 is 11.1 Å². The van der Waals surface area contributed by atoms with Crippen LogP contribution in [0.2, 0.25) is 0 Å². The standard InChI is InChI=1S/C28H41N3OS/c1-6-8-22(29)26-31-23(16-33-26)25(32)30-17-27(4)13-7-14-28(5)21-11-9-19(18(2)3)15-20(21)10-12-24(27)28/h9,11,15-16,18,22,24H,6-8,10,12-14,17,29H2,1-5H3,(H,30,32). The molecule has 1 heterocycles. The van der Waals surface area contributed by atoms with Gasteiger partial charge in [-0.1, -0.05) is 65.7 Å². The Morgan fingerprint density at radius 2 is 2.09 bits per heavy atom. The second-order valence-corrected chi connectivity index (χ2v) is 12.1. The number of benzene rings is 1. The number of thiazole rings is 1. The third-order valence-corrected chi connectivity index (χ3v) is 9.47. The molecule has 3 N–H and O–H groups in total. The van der Waals surface area contributed by atoms with E-state index in [-0.39, 0.29) is 22.8 Å². The molecular weight excluding hydrogens is 426 g/mol. The summed E-state index contributed by atoms with van der Waals surface area (Å²) in [6.07, 6.45) is 7.86. The number of nitrogens with one attached hydrogen (secondary N) is 1. The molecule has 4 rings (SSSR count). The van der Waals surface area contributed by atoms with Crippen molar-refractivity contribution in [2.45, 2.75) is 96.9 Å². The van der Waals surface area contributed by atoms with Crippen molar-refractivity contribution < 1.29 is 4.79 Å². The molecule has 33 heavy (non-hydrogen) atoms. The van der Waals surface area contributed by atoms with E-state index < -0.39 is 0 Å².